The summed E-state index contributed by atoms with van der Waals surface area (Å²) >= 11 is 0. The van der Waals surface area contributed by atoms with Crippen molar-refractivity contribution in [2.75, 3.05) is 7.05 Å². The molecule has 4 atom stereocenters. The number of carboxylic acids is 1. The first kappa shape index (κ1) is 20.5. The molecule has 0 aromatic heterocycles. The van der Waals surface area contributed by atoms with E-state index in [1.54, 1.807) is 11.9 Å². The Bertz CT molecular complexity index is 543. The van der Waals surface area contributed by atoms with Gasteiger partial charge in [0.05, 0.1) is 5.92 Å². The highest BCUT2D eigenvalue weighted by Crippen LogP contribution is 2.32. The molecule has 2 saturated carbocycles. The second-order valence-corrected chi connectivity index (χ2v) is 8.66. The van der Waals surface area contributed by atoms with Crippen LogP contribution in [0.2, 0.25) is 0 Å². The minimum atomic E-state index is -0.771. The van der Waals surface area contributed by atoms with Crippen molar-refractivity contribution < 1.29 is 24.2 Å². The van der Waals surface area contributed by atoms with Crippen LogP contribution in [0.15, 0.2) is 0 Å². The number of hydrogen-bond acceptors (Lipinski definition) is 4. The lowest BCUT2D eigenvalue weighted by Crippen LogP contribution is -2.46. The summed E-state index contributed by atoms with van der Waals surface area (Å²) in [6, 6.07) is -0.0564. The van der Waals surface area contributed by atoms with Crippen LogP contribution < -0.4 is 5.32 Å². The molecule has 2 fully saturated rings. The average Bonchev–Trinajstić information content (AvgIpc) is 3.02. The van der Waals surface area contributed by atoms with E-state index < -0.39 is 17.7 Å². The lowest BCUT2D eigenvalue weighted by atomic mass is 9.84. The van der Waals surface area contributed by atoms with Gasteiger partial charge in [-0.2, -0.15) is 0 Å². The van der Waals surface area contributed by atoms with Crippen LogP contribution in [0.5, 0.6) is 0 Å². The molecule has 26 heavy (non-hydrogen) atoms. The Labute approximate surface area is 155 Å². The molecule has 2 aliphatic carbocycles. The van der Waals surface area contributed by atoms with Crippen LogP contribution in [-0.4, -0.2) is 52.7 Å². The Morgan fingerprint density at radius 3 is 2.31 bits per heavy atom. The lowest BCUT2D eigenvalue weighted by molar-refractivity contribution is -0.142. The fraction of sp³-hybridized carbons (Fsp3) is 0.842. The zero-order chi connectivity index (χ0) is 19.5. The zero-order valence-corrected chi connectivity index (χ0v) is 16.3. The van der Waals surface area contributed by atoms with Crippen LogP contribution in [0.4, 0.5) is 4.79 Å². The molecule has 0 aromatic rings. The van der Waals surface area contributed by atoms with E-state index >= 15 is 0 Å². The Balaban J connectivity index is 1.87. The highest BCUT2D eigenvalue weighted by Gasteiger charge is 2.37. The van der Waals surface area contributed by atoms with Crippen LogP contribution >= 0.6 is 0 Å². The molecular weight excluding hydrogens is 336 g/mol. The molecular formula is C19H32N2O5. The number of ether oxygens (including phenoxy) is 1. The molecule has 0 spiro atoms. The Morgan fingerprint density at radius 2 is 1.73 bits per heavy atom. The summed E-state index contributed by atoms with van der Waals surface area (Å²) in [6.45, 7) is 5.46. The van der Waals surface area contributed by atoms with E-state index in [1.165, 1.54) is 0 Å². The maximum absolute atomic E-state index is 12.9. The normalized spacial score (nSPS) is 29.1. The highest BCUT2D eigenvalue weighted by molar-refractivity contribution is 5.79. The SMILES string of the molecule is CN(C(=O)[C@@H]1CCC[C@H](NC(=O)OC(C)(C)C)C1)[C@@H]1CC[C@H](C(=O)O)C1. The van der Waals surface area contributed by atoms with Crippen molar-refractivity contribution in [1.82, 2.24) is 10.2 Å². The molecule has 2 amide bonds. The molecule has 0 aliphatic heterocycles. The molecule has 0 heterocycles. The second kappa shape index (κ2) is 8.27. The van der Waals surface area contributed by atoms with Gasteiger partial charge in [0, 0.05) is 25.0 Å². The molecule has 148 valence electrons. The van der Waals surface area contributed by atoms with Gasteiger partial charge in [0.2, 0.25) is 5.91 Å². The number of alkyl carbamates (subject to hydrolysis) is 1. The Morgan fingerprint density at radius 1 is 1.04 bits per heavy atom. The highest BCUT2D eigenvalue weighted by atomic mass is 16.6. The minimum absolute atomic E-state index is 0.00258. The maximum Gasteiger partial charge on any atom is 0.407 e. The van der Waals surface area contributed by atoms with Crippen LogP contribution in [0.25, 0.3) is 0 Å². The van der Waals surface area contributed by atoms with Gasteiger partial charge in [0.1, 0.15) is 5.60 Å². The van der Waals surface area contributed by atoms with Crippen LogP contribution in [0.3, 0.4) is 0 Å². The van der Waals surface area contributed by atoms with Gasteiger partial charge in [-0.25, -0.2) is 4.79 Å². The largest absolute Gasteiger partial charge is 0.481 e. The van der Waals surface area contributed by atoms with E-state index in [1.807, 2.05) is 20.8 Å². The quantitative estimate of drug-likeness (QED) is 0.795. The molecule has 2 aliphatic rings. The van der Waals surface area contributed by atoms with Gasteiger partial charge in [0.25, 0.3) is 0 Å². The number of hydrogen-bond donors (Lipinski definition) is 2. The van der Waals surface area contributed by atoms with Gasteiger partial charge in [-0.15, -0.1) is 0 Å². The summed E-state index contributed by atoms with van der Waals surface area (Å²) in [5, 5.41) is 12.0. The van der Waals surface area contributed by atoms with E-state index in [0.717, 1.165) is 25.7 Å². The molecule has 0 radical (unpaired) electrons. The van der Waals surface area contributed by atoms with Crippen LogP contribution in [0, 0.1) is 11.8 Å². The monoisotopic (exact) mass is 368 g/mol. The molecule has 0 unspecified atom stereocenters. The van der Waals surface area contributed by atoms with Gasteiger partial charge >= 0.3 is 12.1 Å². The predicted molar refractivity (Wildman–Crippen MR) is 96.7 cm³/mol. The van der Waals surface area contributed by atoms with E-state index in [9.17, 15) is 14.4 Å². The summed E-state index contributed by atoms with van der Waals surface area (Å²) in [6.07, 6.45) is 4.61. The van der Waals surface area contributed by atoms with Crippen LogP contribution in [0.1, 0.15) is 65.7 Å². The summed E-state index contributed by atoms with van der Waals surface area (Å²) in [4.78, 5) is 37.7. The molecule has 7 heteroatoms. The summed E-state index contributed by atoms with van der Waals surface area (Å²) in [7, 11) is 1.78. The number of amides is 2. The van der Waals surface area contributed by atoms with E-state index in [2.05, 4.69) is 5.32 Å². The van der Waals surface area contributed by atoms with Crippen LogP contribution in [-0.2, 0) is 14.3 Å². The average molecular weight is 368 g/mol. The van der Waals surface area contributed by atoms with Gasteiger partial charge in [-0.1, -0.05) is 6.42 Å². The number of carboxylic acid groups (broad SMARTS) is 1. The van der Waals surface area contributed by atoms with Crippen molar-refractivity contribution in [3.05, 3.63) is 0 Å². The van der Waals surface area contributed by atoms with Crippen molar-refractivity contribution >= 4 is 18.0 Å². The molecule has 2 N–H and O–H groups in total. The molecule has 2 rings (SSSR count). The third-order valence-electron chi connectivity index (χ3n) is 5.39. The van der Waals surface area contributed by atoms with E-state index in [0.29, 0.717) is 19.3 Å². The smallest absolute Gasteiger partial charge is 0.407 e. The standard InChI is InChI=1S/C19H32N2O5/c1-19(2,3)26-18(25)20-14-7-5-6-12(10-14)16(22)21(4)15-9-8-13(11-15)17(23)24/h12-15H,5-11H2,1-4H3,(H,20,25)(H,23,24)/t12-,13+,14+,15-/m1/s1. The first-order valence-electron chi connectivity index (χ1n) is 9.56. The number of aliphatic carboxylic acids is 1. The van der Waals surface area contributed by atoms with Crippen molar-refractivity contribution in [2.24, 2.45) is 11.8 Å². The molecule has 0 bridgehead atoms. The topological polar surface area (TPSA) is 95.9 Å². The number of rotatable bonds is 4. The number of carbonyl (C=O) groups is 3. The van der Waals surface area contributed by atoms with E-state index in [-0.39, 0.29) is 29.8 Å². The van der Waals surface area contributed by atoms with Crippen molar-refractivity contribution in [1.29, 1.82) is 0 Å². The lowest BCUT2D eigenvalue weighted by Gasteiger charge is -2.34. The fourth-order valence-electron chi connectivity index (χ4n) is 4.02. The van der Waals surface area contributed by atoms with E-state index in [4.69, 9.17) is 9.84 Å². The number of nitrogens with one attached hydrogen (secondary N) is 1. The molecule has 0 aromatic carbocycles. The van der Waals surface area contributed by atoms with Crippen molar-refractivity contribution in [2.45, 2.75) is 83.4 Å². The maximum atomic E-state index is 12.9. The summed E-state index contributed by atoms with van der Waals surface area (Å²) in [5.41, 5.74) is -0.544. The van der Waals surface area contributed by atoms with Crippen molar-refractivity contribution in [3.8, 4) is 0 Å². The minimum Gasteiger partial charge on any atom is -0.481 e. The fourth-order valence-corrected chi connectivity index (χ4v) is 4.02. The third-order valence-corrected chi connectivity index (χ3v) is 5.39. The zero-order valence-electron chi connectivity index (χ0n) is 16.3. The Kier molecular flexibility index (Phi) is 6.53. The van der Waals surface area contributed by atoms with Gasteiger partial charge in [-0.05, 0) is 59.3 Å². The number of carbonyl (C=O) groups excluding carboxylic acids is 2. The Hall–Kier alpha value is -1.79. The second-order valence-electron chi connectivity index (χ2n) is 8.66. The number of nitrogens with zero attached hydrogens (tertiary/aromatic N) is 1. The van der Waals surface area contributed by atoms with Crippen molar-refractivity contribution in [3.63, 3.8) is 0 Å². The summed E-state index contributed by atoms with van der Waals surface area (Å²) < 4.78 is 5.30. The van der Waals surface area contributed by atoms with Gasteiger partial charge in [0.15, 0.2) is 0 Å². The predicted octanol–water partition coefficient (Wildman–Crippen LogP) is 2.78. The third kappa shape index (κ3) is 5.61. The molecule has 0 saturated heterocycles. The van der Waals surface area contributed by atoms with Gasteiger partial charge < -0.3 is 20.1 Å². The summed E-state index contributed by atoms with van der Waals surface area (Å²) in [5.74, 6) is -1.18. The first-order chi connectivity index (χ1) is 12.1. The molecule has 7 nitrogen and oxygen atoms in total. The first-order valence-corrected chi connectivity index (χ1v) is 9.56. The van der Waals surface area contributed by atoms with Gasteiger partial charge in [-0.3, -0.25) is 9.59 Å².